The van der Waals surface area contributed by atoms with Crippen molar-refractivity contribution in [2.24, 2.45) is 0 Å². The molecule has 5 heteroatoms. The van der Waals surface area contributed by atoms with Gasteiger partial charge in [-0.05, 0) is 74.2 Å². The number of nitrogens with one attached hydrogen (secondary N) is 2. The van der Waals surface area contributed by atoms with Gasteiger partial charge in [0, 0.05) is 28.4 Å². The van der Waals surface area contributed by atoms with Crippen LogP contribution in [0, 0.1) is 0 Å². The molecule has 2 nitrogen and oxygen atoms in total. The Labute approximate surface area is 287 Å². The molecule has 0 aliphatic rings. The molecule has 0 unspecified atom stereocenters. The number of benzene rings is 4. The van der Waals surface area contributed by atoms with E-state index in [2.05, 4.69) is 63.6 Å². The van der Waals surface area contributed by atoms with Crippen molar-refractivity contribution in [2.45, 2.75) is 88.9 Å². The Kier molecular flexibility index (Phi) is 20.6. The van der Waals surface area contributed by atoms with E-state index in [1.165, 1.54) is 51.4 Å². The van der Waals surface area contributed by atoms with Crippen molar-refractivity contribution in [1.29, 1.82) is 0 Å². The Morgan fingerprint density at radius 2 is 0.711 bits per heavy atom. The van der Waals surface area contributed by atoms with Crippen LogP contribution in [0.2, 0.25) is 0 Å². The predicted octanol–water partition coefficient (Wildman–Crippen LogP) is 13.6. The lowest BCUT2D eigenvalue weighted by Crippen LogP contribution is -2.12. The summed E-state index contributed by atoms with van der Waals surface area (Å²) in [4.78, 5) is 1.91. The maximum absolute atomic E-state index is 4.37. The molecule has 0 heterocycles. The first-order valence-electron chi connectivity index (χ1n) is 17.0. The Balaban J connectivity index is 0.000000236. The summed E-state index contributed by atoms with van der Waals surface area (Å²) in [6.07, 6.45) is 17.9. The minimum atomic E-state index is -0.562. The standard InChI is InChI=1S/C16H36P.2C12H11NS/c1-5-9-13-17(14-10-6-2,15-11-7-3)16-12-8-4;2*14-12-9-5-4-8-11(12)13-10-6-2-1-3-7-10/h5-16H2,1-4H3;2*1-9,13-14H/q+1;;. The van der Waals surface area contributed by atoms with Crippen molar-refractivity contribution in [1.82, 2.24) is 0 Å². The molecular weight excluding hydrogens is 604 g/mol. The van der Waals surface area contributed by atoms with Crippen LogP contribution in [-0.2, 0) is 0 Å². The van der Waals surface area contributed by atoms with Gasteiger partial charge in [0.1, 0.15) is 0 Å². The van der Waals surface area contributed by atoms with Crippen molar-refractivity contribution in [3.05, 3.63) is 109 Å². The highest BCUT2D eigenvalue weighted by Crippen LogP contribution is 2.61. The first-order chi connectivity index (χ1) is 22.0. The van der Waals surface area contributed by atoms with E-state index in [-0.39, 0.29) is 0 Å². The first-order valence-corrected chi connectivity index (χ1v) is 20.4. The summed E-state index contributed by atoms with van der Waals surface area (Å²) < 4.78 is 0. The Bertz CT molecular complexity index is 1160. The van der Waals surface area contributed by atoms with Gasteiger partial charge in [0.2, 0.25) is 0 Å². The highest BCUT2D eigenvalue weighted by atomic mass is 32.1. The summed E-state index contributed by atoms with van der Waals surface area (Å²) in [6, 6.07) is 36.0. The maximum Gasteiger partial charge on any atom is 0.0594 e. The van der Waals surface area contributed by atoms with E-state index >= 15 is 0 Å². The van der Waals surface area contributed by atoms with E-state index < -0.39 is 7.26 Å². The third kappa shape index (κ3) is 16.1. The Morgan fingerprint density at radius 3 is 1.00 bits per heavy atom. The molecule has 244 valence electrons. The molecule has 4 aromatic carbocycles. The van der Waals surface area contributed by atoms with Crippen LogP contribution in [-0.4, -0.2) is 24.6 Å². The first kappa shape index (κ1) is 38.8. The van der Waals surface area contributed by atoms with Crippen molar-refractivity contribution >= 4 is 55.3 Å². The molecule has 0 amide bonds. The van der Waals surface area contributed by atoms with Gasteiger partial charge in [0.15, 0.2) is 0 Å². The van der Waals surface area contributed by atoms with E-state index in [4.69, 9.17) is 0 Å². The van der Waals surface area contributed by atoms with Crippen LogP contribution in [0.1, 0.15) is 79.1 Å². The zero-order valence-corrected chi connectivity index (χ0v) is 30.9. The lowest BCUT2D eigenvalue weighted by molar-refractivity contribution is 0.814. The summed E-state index contributed by atoms with van der Waals surface area (Å²) in [5.74, 6) is 0. The summed E-state index contributed by atoms with van der Waals surface area (Å²) >= 11 is 8.73. The lowest BCUT2D eigenvalue weighted by atomic mass is 10.3. The Morgan fingerprint density at radius 1 is 0.422 bits per heavy atom. The fourth-order valence-electron chi connectivity index (χ4n) is 5.16. The van der Waals surface area contributed by atoms with E-state index in [1.807, 2.05) is 109 Å². The molecule has 0 radical (unpaired) electrons. The van der Waals surface area contributed by atoms with Crippen LogP contribution in [0.3, 0.4) is 0 Å². The average Bonchev–Trinajstić information content (AvgIpc) is 3.08. The molecule has 0 saturated heterocycles. The van der Waals surface area contributed by atoms with Gasteiger partial charge >= 0.3 is 0 Å². The molecule has 0 atom stereocenters. The Hall–Kier alpha value is -2.39. The molecule has 45 heavy (non-hydrogen) atoms. The highest BCUT2D eigenvalue weighted by molar-refractivity contribution is 7.80. The van der Waals surface area contributed by atoms with Crippen LogP contribution in [0.25, 0.3) is 0 Å². The third-order valence-electron chi connectivity index (χ3n) is 7.86. The second-order valence-corrected chi connectivity index (χ2v) is 17.1. The summed E-state index contributed by atoms with van der Waals surface area (Å²) in [5, 5.41) is 6.59. The van der Waals surface area contributed by atoms with Gasteiger partial charge in [-0.15, -0.1) is 25.3 Å². The molecule has 0 spiro atoms. The number of unbranched alkanes of at least 4 members (excludes halogenated alkanes) is 4. The van der Waals surface area contributed by atoms with E-state index in [9.17, 15) is 0 Å². The van der Waals surface area contributed by atoms with E-state index in [0.717, 1.165) is 32.5 Å². The van der Waals surface area contributed by atoms with Gasteiger partial charge in [-0.2, -0.15) is 0 Å². The molecule has 0 aromatic heterocycles. The lowest BCUT2D eigenvalue weighted by Gasteiger charge is -2.28. The van der Waals surface area contributed by atoms with Gasteiger partial charge in [0.25, 0.3) is 0 Å². The minimum Gasteiger partial charge on any atom is -0.355 e. The van der Waals surface area contributed by atoms with E-state index in [0.29, 0.717) is 0 Å². The quantitative estimate of drug-likeness (QED) is 0.0709. The summed E-state index contributed by atoms with van der Waals surface area (Å²) in [5.41, 5.74) is 4.21. The molecule has 4 rings (SSSR count). The molecule has 0 saturated carbocycles. The van der Waals surface area contributed by atoms with Gasteiger partial charge in [-0.3, -0.25) is 0 Å². The summed E-state index contributed by atoms with van der Waals surface area (Å²) in [7, 11) is -0.562. The predicted molar refractivity (Wildman–Crippen MR) is 213 cm³/mol. The fraction of sp³-hybridized carbons (Fsp3) is 0.400. The number of thiol groups is 2. The molecular formula is C40H58N2PS2+. The molecule has 0 bridgehead atoms. The number of hydrogen-bond donors (Lipinski definition) is 4. The number of hydrogen-bond acceptors (Lipinski definition) is 4. The largest absolute Gasteiger partial charge is 0.355 e. The van der Waals surface area contributed by atoms with Crippen molar-refractivity contribution in [3.8, 4) is 0 Å². The highest BCUT2D eigenvalue weighted by Gasteiger charge is 2.34. The second-order valence-electron chi connectivity index (χ2n) is 11.7. The topological polar surface area (TPSA) is 24.1 Å². The van der Waals surface area contributed by atoms with E-state index in [1.54, 1.807) is 24.6 Å². The van der Waals surface area contributed by atoms with Gasteiger partial charge in [-0.1, -0.05) is 114 Å². The van der Waals surface area contributed by atoms with Crippen LogP contribution < -0.4 is 10.6 Å². The third-order valence-corrected chi connectivity index (χ3v) is 13.7. The maximum atomic E-state index is 4.37. The number of anilines is 4. The van der Waals surface area contributed by atoms with Gasteiger partial charge in [-0.25, -0.2) is 0 Å². The molecule has 0 fully saturated rings. The zero-order valence-electron chi connectivity index (χ0n) is 28.2. The van der Waals surface area contributed by atoms with Crippen LogP contribution in [0.15, 0.2) is 119 Å². The van der Waals surface area contributed by atoms with Crippen molar-refractivity contribution in [3.63, 3.8) is 0 Å². The van der Waals surface area contributed by atoms with Crippen LogP contribution in [0.4, 0.5) is 22.7 Å². The summed E-state index contributed by atoms with van der Waals surface area (Å²) in [6.45, 7) is 9.42. The SMILES string of the molecule is CCCC[P+](CCCC)(CCCC)CCCC.Sc1ccccc1Nc1ccccc1.Sc1ccccc1Nc1ccccc1. The minimum absolute atomic E-state index is 0.562. The zero-order chi connectivity index (χ0) is 32.6. The molecule has 2 N–H and O–H groups in total. The molecule has 0 aliphatic heterocycles. The molecule has 0 aliphatic carbocycles. The second kappa shape index (κ2) is 23.9. The van der Waals surface area contributed by atoms with Gasteiger partial charge < -0.3 is 10.6 Å². The average molecular weight is 662 g/mol. The number of rotatable bonds is 16. The van der Waals surface area contributed by atoms with Crippen LogP contribution >= 0.6 is 32.5 Å². The van der Waals surface area contributed by atoms with Crippen molar-refractivity contribution < 1.29 is 0 Å². The van der Waals surface area contributed by atoms with Gasteiger partial charge in [0.05, 0.1) is 36.0 Å². The molecule has 4 aromatic rings. The van der Waals surface area contributed by atoms with Crippen LogP contribution in [0.5, 0.6) is 0 Å². The smallest absolute Gasteiger partial charge is 0.0594 e. The normalized spacial score (nSPS) is 10.6. The number of para-hydroxylation sites is 4. The van der Waals surface area contributed by atoms with Crippen molar-refractivity contribution in [2.75, 3.05) is 35.3 Å². The fourth-order valence-corrected chi connectivity index (χ4v) is 10.9. The monoisotopic (exact) mass is 661 g/mol.